The molecular formula is C21H20N2O5. The SMILES string of the molecule is COc1ccc(C(=O)NCC(=O)OC(C)C(=O)c2c[nH]c3ccccc23)cc1. The van der Waals surface area contributed by atoms with Gasteiger partial charge in [0.15, 0.2) is 6.10 Å². The fourth-order valence-electron chi connectivity index (χ4n) is 2.78. The molecule has 1 aromatic heterocycles. The highest BCUT2D eigenvalue weighted by atomic mass is 16.5. The Balaban J connectivity index is 1.55. The lowest BCUT2D eigenvalue weighted by molar-refractivity contribution is -0.145. The van der Waals surface area contributed by atoms with Crippen LogP contribution in [0.15, 0.2) is 54.7 Å². The third kappa shape index (κ3) is 4.20. The van der Waals surface area contributed by atoms with Crippen molar-refractivity contribution >= 4 is 28.6 Å². The van der Waals surface area contributed by atoms with Crippen LogP contribution in [0.1, 0.15) is 27.6 Å². The van der Waals surface area contributed by atoms with Crippen LogP contribution in [0.25, 0.3) is 10.9 Å². The minimum absolute atomic E-state index is 0.313. The van der Waals surface area contributed by atoms with Crippen LogP contribution in [0.4, 0.5) is 0 Å². The average molecular weight is 380 g/mol. The maximum atomic E-state index is 12.6. The average Bonchev–Trinajstić information content (AvgIpc) is 3.15. The molecule has 0 fully saturated rings. The number of carbonyl (C=O) groups excluding carboxylic acids is 3. The number of fused-ring (bicyclic) bond motifs is 1. The van der Waals surface area contributed by atoms with Crippen LogP contribution >= 0.6 is 0 Å². The summed E-state index contributed by atoms with van der Waals surface area (Å²) in [5.41, 5.74) is 1.67. The van der Waals surface area contributed by atoms with Gasteiger partial charge in [-0.05, 0) is 37.3 Å². The zero-order valence-corrected chi connectivity index (χ0v) is 15.5. The Kier molecular flexibility index (Phi) is 5.74. The standard InChI is InChI=1S/C21H20N2O5/c1-13(20(25)17-11-22-18-6-4-3-5-16(17)18)28-19(24)12-23-21(26)14-7-9-15(27-2)10-8-14/h3-11,13,22H,12H2,1-2H3,(H,23,26). The maximum Gasteiger partial charge on any atom is 0.326 e. The van der Waals surface area contributed by atoms with E-state index in [1.807, 2.05) is 24.3 Å². The molecule has 144 valence electrons. The number of hydrogen-bond acceptors (Lipinski definition) is 5. The number of nitrogens with one attached hydrogen (secondary N) is 2. The number of benzene rings is 2. The summed E-state index contributed by atoms with van der Waals surface area (Å²) in [5, 5.41) is 3.24. The van der Waals surface area contributed by atoms with Gasteiger partial charge in [0.2, 0.25) is 5.78 Å². The Hall–Kier alpha value is -3.61. The molecule has 3 rings (SSSR count). The summed E-state index contributed by atoms with van der Waals surface area (Å²) in [5.74, 6) is -0.800. The molecule has 1 heterocycles. The number of aromatic nitrogens is 1. The number of H-pyrrole nitrogens is 1. The number of Topliss-reactive ketones (excluding diaryl/α,β-unsaturated/α-hetero) is 1. The minimum atomic E-state index is -0.968. The number of esters is 1. The van der Waals surface area contributed by atoms with Crippen molar-refractivity contribution in [1.29, 1.82) is 0 Å². The number of methoxy groups -OCH3 is 1. The van der Waals surface area contributed by atoms with E-state index >= 15 is 0 Å². The van der Waals surface area contributed by atoms with Gasteiger partial charge in [0.1, 0.15) is 12.3 Å². The van der Waals surface area contributed by atoms with Gasteiger partial charge >= 0.3 is 5.97 Å². The van der Waals surface area contributed by atoms with E-state index in [1.165, 1.54) is 14.0 Å². The van der Waals surface area contributed by atoms with Gasteiger partial charge < -0.3 is 19.8 Å². The molecular weight excluding hydrogens is 360 g/mol. The van der Waals surface area contributed by atoms with Gasteiger partial charge in [-0.25, -0.2) is 0 Å². The lowest BCUT2D eigenvalue weighted by Gasteiger charge is -2.12. The molecule has 0 aliphatic rings. The van der Waals surface area contributed by atoms with Crippen LogP contribution in [-0.4, -0.2) is 42.4 Å². The van der Waals surface area contributed by atoms with E-state index < -0.39 is 18.0 Å². The third-order valence-corrected chi connectivity index (χ3v) is 4.28. The smallest absolute Gasteiger partial charge is 0.326 e. The summed E-state index contributed by atoms with van der Waals surface area (Å²) in [6.45, 7) is 1.17. The molecule has 0 saturated carbocycles. The molecule has 1 amide bonds. The largest absolute Gasteiger partial charge is 0.497 e. The number of ether oxygens (including phenoxy) is 2. The number of amides is 1. The number of ketones is 1. The van der Waals surface area contributed by atoms with E-state index in [9.17, 15) is 14.4 Å². The first-order valence-electron chi connectivity index (χ1n) is 8.71. The highest BCUT2D eigenvalue weighted by Gasteiger charge is 2.22. The minimum Gasteiger partial charge on any atom is -0.497 e. The second kappa shape index (κ2) is 8.39. The van der Waals surface area contributed by atoms with Gasteiger partial charge in [0.05, 0.1) is 7.11 Å². The number of aromatic amines is 1. The fraction of sp³-hybridized carbons (Fsp3) is 0.190. The van der Waals surface area contributed by atoms with Crippen LogP contribution in [0.3, 0.4) is 0 Å². The number of carbonyl (C=O) groups is 3. The molecule has 0 aliphatic heterocycles. The molecule has 1 unspecified atom stereocenters. The molecule has 3 aromatic rings. The highest BCUT2D eigenvalue weighted by Crippen LogP contribution is 2.20. The van der Waals surface area contributed by atoms with Gasteiger partial charge in [-0.15, -0.1) is 0 Å². The number of para-hydroxylation sites is 1. The quantitative estimate of drug-likeness (QED) is 0.485. The monoisotopic (exact) mass is 380 g/mol. The summed E-state index contributed by atoms with van der Waals surface area (Å²) in [6, 6.07) is 13.8. The molecule has 28 heavy (non-hydrogen) atoms. The Labute approximate surface area is 161 Å². The summed E-state index contributed by atoms with van der Waals surface area (Å²) in [7, 11) is 1.53. The van der Waals surface area contributed by atoms with Crippen molar-refractivity contribution < 1.29 is 23.9 Å². The predicted octanol–water partition coefficient (Wildman–Crippen LogP) is 2.72. The Morgan fingerprint density at radius 3 is 2.50 bits per heavy atom. The molecule has 0 saturated heterocycles. The fourth-order valence-corrected chi connectivity index (χ4v) is 2.78. The van der Waals surface area contributed by atoms with Crippen LogP contribution in [0.5, 0.6) is 5.75 Å². The van der Waals surface area contributed by atoms with E-state index in [1.54, 1.807) is 30.5 Å². The first-order chi connectivity index (χ1) is 13.5. The zero-order chi connectivity index (χ0) is 20.1. The van der Waals surface area contributed by atoms with Gasteiger partial charge in [0, 0.05) is 28.2 Å². The Morgan fingerprint density at radius 2 is 1.79 bits per heavy atom. The van der Waals surface area contributed by atoms with E-state index in [4.69, 9.17) is 9.47 Å². The van der Waals surface area contributed by atoms with E-state index in [0.29, 0.717) is 16.9 Å². The molecule has 7 heteroatoms. The van der Waals surface area contributed by atoms with Crippen molar-refractivity contribution in [2.24, 2.45) is 0 Å². The number of rotatable bonds is 7. The van der Waals surface area contributed by atoms with Gasteiger partial charge in [-0.2, -0.15) is 0 Å². The zero-order valence-electron chi connectivity index (χ0n) is 15.5. The molecule has 0 aliphatic carbocycles. The highest BCUT2D eigenvalue weighted by molar-refractivity contribution is 6.10. The molecule has 0 spiro atoms. The molecule has 2 aromatic carbocycles. The summed E-state index contributed by atoms with van der Waals surface area (Å²) < 4.78 is 10.2. The van der Waals surface area contributed by atoms with Crippen molar-refractivity contribution in [3.8, 4) is 5.75 Å². The molecule has 2 N–H and O–H groups in total. The second-order valence-electron chi connectivity index (χ2n) is 6.16. The van der Waals surface area contributed by atoms with Crippen LogP contribution < -0.4 is 10.1 Å². The van der Waals surface area contributed by atoms with E-state index in [2.05, 4.69) is 10.3 Å². The lowest BCUT2D eigenvalue weighted by Crippen LogP contribution is -2.34. The summed E-state index contributed by atoms with van der Waals surface area (Å²) in [4.78, 5) is 39.7. The number of hydrogen-bond donors (Lipinski definition) is 2. The van der Waals surface area contributed by atoms with Crippen molar-refractivity contribution in [2.45, 2.75) is 13.0 Å². The van der Waals surface area contributed by atoms with E-state index in [-0.39, 0.29) is 12.3 Å². The Morgan fingerprint density at radius 1 is 1.07 bits per heavy atom. The van der Waals surface area contributed by atoms with Gasteiger partial charge in [-0.3, -0.25) is 14.4 Å². The van der Waals surface area contributed by atoms with Crippen LogP contribution in [0.2, 0.25) is 0 Å². The van der Waals surface area contributed by atoms with Crippen LogP contribution in [0, 0.1) is 0 Å². The van der Waals surface area contributed by atoms with E-state index in [0.717, 1.165) is 10.9 Å². The van der Waals surface area contributed by atoms with Gasteiger partial charge in [-0.1, -0.05) is 18.2 Å². The summed E-state index contributed by atoms with van der Waals surface area (Å²) in [6.07, 6.45) is 0.632. The topological polar surface area (TPSA) is 97.5 Å². The normalized spacial score (nSPS) is 11.6. The first-order valence-corrected chi connectivity index (χ1v) is 8.71. The van der Waals surface area contributed by atoms with Crippen molar-refractivity contribution in [2.75, 3.05) is 13.7 Å². The maximum absolute atomic E-state index is 12.6. The van der Waals surface area contributed by atoms with Crippen molar-refractivity contribution in [3.63, 3.8) is 0 Å². The molecule has 7 nitrogen and oxygen atoms in total. The van der Waals surface area contributed by atoms with Gasteiger partial charge in [0.25, 0.3) is 5.91 Å². The summed E-state index contributed by atoms with van der Waals surface area (Å²) >= 11 is 0. The first kappa shape index (κ1) is 19.2. The second-order valence-corrected chi connectivity index (χ2v) is 6.16. The third-order valence-electron chi connectivity index (χ3n) is 4.28. The van der Waals surface area contributed by atoms with Crippen molar-refractivity contribution in [3.05, 3.63) is 65.9 Å². The Bertz CT molecular complexity index is 1010. The van der Waals surface area contributed by atoms with Crippen LogP contribution in [-0.2, 0) is 9.53 Å². The predicted molar refractivity (Wildman–Crippen MR) is 104 cm³/mol. The van der Waals surface area contributed by atoms with Crippen molar-refractivity contribution in [1.82, 2.24) is 10.3 Å². The molecule has 0 bridgehead atoms. The molecule has 0 radical (unpaired) electrons. The molecule has 1 atom stereocenters. The lowest BCUT2D eigenvalue weighted by atomic mass is 10.1.